The average molecular weight is 430 g/mol. The van der Waals surface area contributed by atoms with Crippen molar-refractivity contribution < 1.29 is 17.9 Å². The molecule has 30 heavy (non-hydrogen) atoms. The summed E-state index contributed by atoms with van der Waals surface area (Å²) in [7, 11) is -3.79. The topological polar surface area (TPSA) is 130 Å². The predicted octanol–water partition coefficient (Wildman–Crippen LogP) is 1.54. The highest BCUT2D eigenvalue weighted by molar-refractivity contribution is 7.89. The van der Waals surface area contributed by atoms with Gasteiger partial charge in [-0.2, -0.15) is 0 Å². The minimum Gasteiger partial charge on any atom is -0.381 e. The Labute approximate surface area is 174 Å². The molecule has 0 aliphatic carbocycles. The molecule has 10 heteroatoms. The van der Waals surface area contributed by atoms with Gasteiger partial charge >= 0.3 is 0 Å². The van der Waals surface area contributed by atoms with Gasteiger partial charge in [0.15, 0.2) is 0 Å². The number of hydrogen-bond donors (Lipinski definition) is 3. The number of nitrogens with zero attached hydrogens (tertiary/aromatic N) is 2. The molecular weight excluding hydrogens is 406 g/mol. The van der Waals surface area contributed by atoms with E-state index in [2.05, 4.69) is 15.3 Å². The summed E-state index contributed by atoms with van der Waals surface area (Å²) in [4.78, 5) is 19.6. The second-order valence-corrected chi connectivity index (χ2v) is 8.99. The lowest BCUT2D eigenvalue weighted by molar-refractivity contribution is 0.0584. The number of nitrogens with two attached hydrogens (primary N) is 1. The van der Waals surface area contributed by atoms with E-state index in [4.69, 9.17) is 10.6 Å². The Morgan fingerprint density at radius 2 is 1.97 bits per heavy atom. The van der Waals surface area contributed by atoms with E-state index in [1.807, 2.05) is 0 Å². The van der Waals surface area contributed by atoms with Crippen LogP contribution in [0, 0.1) is 0 Å². The number of carbonyl (C=O) groups is 1. The van der Waals surface area contributed by atoms with Crippen LogP contribution in [-0.4, -0.2) is 48.0 Å². The highest BCUT2D eigenvalue weighted by Gasteiger charge is 2.30. The minimum atomic E-state index is -3.79. The molecule has 0 bridgehead atoms. The lowest BCUT2D eigenvalue weighted by Gasteiger charge is -2.29. The third-order valence-electron chi connectivity index (χ3n) is 5.17. The van der Waals surface area contributed by atoms with Gasteiger partial charge in [0, 0.05) is 49.1 Å². The second kappa shape index (κ2) is 8.52. The molecule has 0 radical (unpaired) electrons. The minimum absolute atomic E-state index is 0.120. The number of carbonyl (C=O) groups excluding carboxylic acids is 1. The summed E-state index contributed by atoms with van der Waals surface area (Å²) in [6, 6.07) is 9.61. The van der Waals surface area contributed by atoms with E-state index < -0.39 is 10.0 Å². The molecule has 1 saturated heterocycles. The number of aromatic amines is 1. The van der Waals surface area contributed by atoms with Crippen molar-refractivity contribution in [3.8, 4) is 0 Å². The Morgan fingerprint density at radius 1 is 1.23 bits per heavy atom. The first-order chi connectivity index (χ1) is 14.4. The third kappa shape index (κ3) is 4.21. The van der Waals surface area contributed by atoms with E-state index in [9.17, 15) is 13.2 Å². The number of aromatic nitrogens is 2. The van der Waals surface area contributed by atoms with Crippen molar-refractivity contribution in [2.45, 2.75) is 30.3 Å². The molecule has 0 saturated carbocycles. The smallest absolute Gasteiger partial charge is 0.267 e. The Balaban J connectivity index is 1.40. The summed E-state index contributed by atoms with van der Waals surface area (Å²) in [5.74, 6) is 5.66. The highest BCUT2D eigenvalue weighted by atomic mass is 32.2. The summed E-state index contributed by atoms with van der Waals surface area (Å²) in [6.07, 6.45) is 4.48. The molecule has 2 aromatic heterocycles. The van der Waals surface area contributed by atoms with Gasteiger partial charge in [-0.3, -0.25) is 15.6 Å². The maximum Gasteiger partial charge on any atom is 0.267 e. The zero-order valence-corrected chi connectivity index (χ0v) is 17.1. The molecule has 1 amide bonds. The fourth-order valence-corrected chi connectivity index (χ4v) is 4.74. The van der Waals surface area contributed by atoms with Crippen molar-refractivity contribution >= 4 is 26.8 Å². The monoisotopic (exact) mass is 429 g/mol. The number of pyridine rings is 1. The standard InChI is InChI=1S/C20H23N5O4S/c21-25(16-6-9-29-10-7-16)30(27,28)17-3-1-14(2-4-17)12-23-20(26)19-11-15-13-22-8-5-18(15)24-19/h1-5,8,11,13,16,24H,6-7,9-10,12,21H2,(H,23,26). The van der Waals surface area contributed by atoms with Crippen LogP contribution in [0.4, 0.5) is 0 Å². The first kappa shape index (κ1) is 20.5. The largest absolute Gasteiger partial charge is 0.381 e. The number of fused-ring (bicyclic) bond motifs is 1. The normalized spacial score (nSPS) is 15.5. The van der Waals surface area contributed by atoms with Crippen LogP contribution in [0.2, 0.25) is 0 Å². The quantitative estimate of drug-likeness (QED) is 0.402. The number of hydrazine groups is 1. The van der Waals surface area contributed by atoms with E-state index in [1.165, 1.54) is 12.1 Å². The maximum atomic E-state index is 12.8. The maximum absolute atomic E-state index is 12.8. The molecule has 9 nitrogen and oxygen atoms in total. The fourth-order valence-electron chi connectivity index (χ4n) is 3.41. The van der Waals surface area contributed by atoms with Gasteiger partial charge in [-0.25, -0.2) is 8.42 Å². The van der Waals surface area contributed by atoms with Crippen LogP contribution in [0.1, 0.15) is 28.9 Å². The first-order valence-electron chi connectivity index (χ1n) is 9.62. The molecule has 1 aliphatic heterocycles. The highest BCUT2D eigenvalue weighted by Crippen LogP contribution is 2.21. The van der Waals surface area contributed by atoms with E-state index >= 15 is 0 Å². The van der Waals surface area contributed by atoms with Gasteiger partial charge in [-0.15, -0.1) is 4.41 Å². The number of rotatable bonds is 6. The SMILES string of the molecule is NN(C1CCOCC1)S(=O)(=O)c1ccc(CNC(=O)c2cc3cnccc3[nH]2)cc1. The van der Waals surface area contributed by atoms with Gasteiger partial charge in [0.05, 0.1) is 4.90 Å². The molecule has 0 unspecified atom stereocenters. The fraction of sp³-hybridized carbons (Fsp3) is 0.300. The third-order valence-corrected chi connectivity index (χ3v) is 6.89. The van der Waals surface area contributed by atoms with Gasteiger partial charge < -0.3 is 15.0 Å². The summed E-state index contributed by atoms with van der Waals surface area (Å²) in [5.41, 5.74) is 2.04. The molecule has 158 valence electrons. The number of hydrogen-bond acceptors (Lipinski definition) is 6. The molecule has 0 spiro atoms. The van der Waals surface area contributed by atoms with Crippen LogP contribution in [0.25, 0.3) is 10.9 Å². The molecule has 1 aliphatic rings. The average Bonchev–Trinajstić information content (AvgIpc) is 3.22. The first-order valence-corrected chi connectivity index (χ1v) is 11.1. The number of benzene rings is 1. The molecule has 0 atom stereocenters. The number of amides is 1. The van der Waals surface area contributed by atoms with Gasteiger partial charge in [-0.05, 0) is 42.7 Å². The second-order valence-electron chi connectivity index (χ2n) is 7.15. The van der Waals surface area contributed by atoms with Crippen molar-refractivity contribution in [2.24, 2.45) is 5.84 Å². The van der Waals surface area contributed by atoms with Gasteiger partial charge in [0.1, 0.15) is 5.69 Å². The van der Waals surface area contributed by atoms with Crippen LogP contribution in [-0.2, 0) is 21.3 Å². The zero-order chi connectivity index (χ0) is 21.1. The molecule has 3 heterocycles. The Kier molecular flexibility index (Phi) is 5.82. The number of nitrogens with one attached hydrogen (secondary N) is 2. The molecule has 1 aromatic carbocycles. The van der Waals surface area contributed by atoms with Crippen molar-refractivity contribution in [1.82, 2.24) is 19.7 Å². The van der Waals surface area contributed by atoms with Gasteiger partial charge in [0.25, 0.3) is 15.9 Å². The summed E-state index contributed by atoms with van der Waals surface area (Å²) < 4.78 is 31.7. The van der Waals surface area contributed by atoms with Crippen molar-refractivity contribution in [3.05, 3.63) is 60.0 Å². The van der Waals surface area contributed by atoms with Crippen LogP contribution < -0.4 is 11.2 Å². The lowest BCUT2D eigenvalue weighted by Crippen LogP contribution is -2.47. The predicted molar refractivity (Wildman–Crippen MR) is 111 cm³/mol. The Hall–Kier alpha value is -2.79. The zero-order valence-electron chi connectivity index (χ0n) is 16.2. The van der Waals surface area contributed by atoms with Crippen molar-refractivity contribution in [2.75, 3.05) is 13.2 Å². The van der Waals surface area contributed by atoms with Crippen molar-refractivity contribution in [3.63, 3.8) is 0 Å². The summed E-state index contributed by atoms with van der Waals surface area (Å²) in [6.45, 7) is 1.26. The molecule has 3 aromatic rings. The van der Waals surface area contributed by atoms with Crippen LogP contribution in [0.3, 0.4) is 0 Å². The van der Waals surface area contributed by atoms with Crippen molar-refractivity contribution in [1.29, 1.82) is 0 Å². The van der Waals surface area contributed by atoms with Gasteiger partial charge in [0.2, 0.25) is 0 Å². The molecule has 4 N–H and O–H groups in total. The van der Waals surface area contributed by atoms with Crippen LogP contribution in [0.15, 0.2) is 53.7 Å². The van der Waals surface area contributed by atoms with Crippen LogP contribution in [0.5, 0.6) is 0 Å². The molecule has 4 rings (SSSR count). The number of sulfonamides is 1. The Bertz CT molecular complexity index is 1100. The number of H-pyrrole nitrogens is 1. The Morgan fingerprint density at radius 3 is 2.67 bits per heavy atom. The van der Waals surface area contributed by atoms with E-state index in [0.717, 1.165) is 20.9 Å². The van der Waals surface area contributed by atoms with Gasteiger partial charge in [-0.1, -0.05) is 12.1 Å². The van der Waals surface area contributed by atoms with E-state index in [1.54, 1.807) is 36.7 Å². The van der Waals surface area contributed by atoms with E-state index in [-0.39, 0.29) is 23.4 Å². The lowest BCUT2D eigenvalue weighted by atomic mass is 10.1. The van der Waals surface area contributed by atoms with E-state index in [0.29, 0.717) is 31.7 Å². The summed E-state index contributed by atoms with van der Waals surface area (Å²) in [5, 5.41) is 3.67. The summed E-state index contributed by atoms with van der Waals surface area (Å²) >= 11 is 0. The number of ether oxygens (including phenoxy) is 1. The molecular formula is C20H23N5O4S. The molecule has 1 fully saturated rings. The van der Waals surface area contributed by atoms with Crippen LogP contribution >= 0.6 is 0 Å².